The van der Waals surface area contributed by atoms with Gasteiger partial charge in [-0.25, -0.2) is 4.79 Å². The van der Waals surface area contributed by atoms with Crippen LogP contribution in [-0.2, 0) is 9.53 Å². The maximum Gasteiger partial charge on any atom is 0.340 e. The van der Waals surface area contributed by atoms with Crippen molar-refractivity contribution in [2.45, 2.75) is 4.90 Å². The summed E-state index contributed by atoms with van der Waals surface area (Å²) in [6, 6.07) is 10.6. The smallest absolute Gasteiger partial charge is 0.340 e. The van der Waals surface area contributed by atoms with Crippen LogP contribution < -0.4 is 5.32 Å². The number of halogens is 1. The van der Waals surface area contributed by atoms with E-state index in [1.54, 1.807) is 24.3 Å². The van der Waals surface area contributed by atoms with Crippen molar-refractivity contribution in [3.05, 3.63) is 63.2 Å². The van der Waals surface area contributed by atoms with Gasteiger partial charge >= 0.3 is 5.97 Å². The standard InChI is InChI=1S/C16H13ClN2O5S/c1-25-10-6-7-12(17)11(8-10)16(21)24-9-15(20)18-13-4-2-3-5-14(13)19(22)23/h2-8H,9H2,1H3,(H,18,20). The molecule has 0 spiro atoms. The number of esters is 1. The van der Waals surface area contributed by atoms with Crippen LogP contribution in [0.1, 0.15) is 10.4 Å². The number of thioether (sulfide) groups is 1. The second-order valence-corrected chi connectivity index (χ2v) is 6.03. The molecular weight excluding hydrogens is 368 g/mol. The number of ether oxygens (including phenoxy) is 1. The fourth-order valence-electron chi connectivity index (χ4n) is 1.92. The molecule has 0 aliphatic heterocycles. The Morgan fingerprint density at radius 3 is 2.68 bits per heavy atom. The average molecular weight is 381 g/mol. The van der Waals surface area contributed by atoms with Gasteiger partial charge in [0.1, 0.15) is 5.69 Å². The Bertz CT molecular complexity index is 828. The number of amides is 1. The fourth-order valence-corrected chi connectivity index (χ4v) is 2.56. The van der Waals surface area contributed by atoms with Crippen molar-refractivity contribution in [3.63, 3.8) is 0 Å². The van der Waals surface area contributed by atoms with Crippen molar-refractivity contribution in [1.82, 2.24) is 0 Å². The minimum atomic E-state index is -0.751. The van der Waals surface area contributed by atoms with Crippen LogP contribution in [0.3, 0.4) is 0 Å². The van der Waals surface area contributed by atoms with Crippen molar-refractivity contribution in [2.75, 3.05) is 18.2 Å². The summed E-state index contributed by atoms with van der Waals surface area (Å²) in [6.07, 6.45) is 1.85. The van der Waals surface area contributed by atoms with Crippen molar-refractivity contribution in [2.24, 2.45) is 0 Å². The first-order valence-corrected chi connectivity index (χ1v) is 8.56. The van der Waals surface area contributed by atoms with Gasteiger partial charge in [-0.15, -0.1) is 11.8 Å². The molecule has 2 aromatic carbocycles. The number of nitrogens with zero attached hydrogens (tertiary/aromatic N) is 1. The van der Waals surface area contributed by atoms with E-state index in [1.165, 1.54) is 30.0 Å². The number of carbonyl (C=O) groups is 2. The highest BCUT2D eigenvalue weighted by atomic mass is 35.5. The molecule has 0 aliphatic rings. The third-order valence-corrected chi connectivity index (χ3v) is 4.16. The molecule has 0 saturated carbocycles. The van der Waals surface area contributed by atoms with Crippen LogP contribution in [0.15, 0.2) is 47.4 Å². The van der Waals surface area contributed by atoms with Gasteiger partial charge in [0.15, 0.2) is 6.61 Å². The summed E-state index contributed by atoms with van der Waals surface area (Å²) in [5.74, 6) is -1.45. The molecular formula is C16H13ClN2O5S. The monoisotopic (exact) mass is 380 g/mol. The van der Waals surface area contributed by atoms with Gasteiger partial charge in [0.25, 0.3) is 11.6 Å². The summed E-state index contributed by atoms with van der Waals surface area (Å²) < 4.78 is 4.93. The summed E-state index contributed by atoms with van der Waals surface area (Å²) in [7, 11) is 0. The number of anilines is 1. The molecule has 0 aliphatic carbocycles. The summed E-state index contributed by atoms with van der Waals surface area (Å²) in [4.78, 5) is 35.1. The lowest BCUT2D eigenvalue weighted by Crippen LogP contribution is -2.21. The molecule has 0 aromatic heterocycles. The SMILES string of the molecule is CSc1ccc(Cl)c(C(=O)OCC(=O)Nc2ccccc2[N+](=O)[O-])c1. The zero-order valence-electron chi connectivity index (χ0n) is 13.0. The Balaban J connectivity index is 2.01. The molecule has 0 heterocycles. The maximum absolute atomic E-state index is 12.1. The number of para-hydroxylation sites is 2. The van der Waals surface area contributed by atoms with Gasteiger partial charge < -0.3 is 10.1 Å². The molecule has 1 amide bonds. The number of rotatable bonds is 6. The Hall–Kier alpha value is -2.58. The largest absolute Gasteiger partial charge is 0.452 e. The van der Waals surface area contributed by atoms with E-state index in [-0.39, 0.29) is 22.0 Å². The summed E-state index contributed by atoms with van der Waals surface area (Å²) in [6.45, 7) is -0.593. The average Bonchev–Trinajstić information content (AvgIpc) is 2.60. The number of nitrogens with one attached hydrogen (secondary N) is 1. The van der Waals surface area contributed by atoms with Crippen LogP contribution in [0.25, 0.3) is 0 Å². The summed E-state index contributed by atoms with van der Waals surface area (Å²) >= 11 is 7.39. The molecule has 0 radical (unpaired) electrons. The van der Waals surface area contributed by atoms with Gasteiger partial charge in [-0.3, -0.25) is 14.9 Å². The van der Waals surface area contributed by atoms with Crippen molar-refractivity contribution in [1.29, 1.82) is 0 Å². The fraction of sp³-hybridized carbons (Fsp3) is 0.125. The third kappa shape index (κ3) is 4.94. The highest BCUT2D eigenvalue weighted by molar-refractivity contribution is 7.98. The molecule has 1 N–H and O–H groups in total. The first-order chi connectivity index (χ1) is 11.9. The summed E-state index contributed by atoms with van der Waals surface area (Å²) in [5.41, 5.74) is -0.0825. The van der Waals surface area contributed by atoms with Gasteiger partial charge in [-0.1, -0.05) is 23.7 Å². The van der Waals surface area contributed by atoms with Crippen molar-refractivity contribution >= 4 is 46.6 Å². The highest BCUT2D eigenvalue weighted by Gasteiger charge is 2.17. The first kappa shape index (κ1) is 18.8. The Labute approximate surface area is 152 Å². The Morgan fingerprint density at radius 1 is 1.28 bits per heavy atom. The van der Waals surface area contributed by atoms with Gasteiger partial charge in [0, 0.05) is 11.0 Å². The normalized spacial score (nSPS) is 10.2. The molecule has 0 unspecified atom stereocenters. The zero-order valence-corrected chi connectivity index (χ0v) is 14.6. The van der Waals surface area contributed by atoms with Crippen LogP contribution in [0, 0.1) is 10.1 Å². The van der Waals surface area contributed by atoms with E-state index in [2.05, 4.69) is 5.32 Å². The van der Waals surface area contributed by atoms with Gasteiger partial charge in [-0.05, 0) is 30.5 Å². The lowest BCUT2D eigenvalue weighted by molar-refractivity contribution is -0.383. The van der Waals surface area contributed by atoms with E-state index in [0.717, 1.165) is 4.90 Å². The number of nitro groups is 1. The predicted octanol–water partition coefficient (Wildman–Crippen LogP) is 3.77. The van der Waals surface area contributed by atoms with Crippen LogP contribution in [0.4, 0.5) is 11.4 Å². The Morgan fingerprint density at radius 2 is 2.00 bits per heavy atom. The van der Waals surface area contributed by atoms with Crippen LogP contribution >= 0.6 is 23.4 Å². The van der Waals surface area contributed by atoms with Crippen LogP contribution in [-0.4, -0.2) is 29.7 Å². The number of benzene rings is 2. The minimum Gasteiger partial charge on any atom is -0.452 e. The molecule has 0 saturated heterocycles. The second-order valence-electron chi connectivity index (χ2n) is 4.74. The van der Waals surface area contributed by atoms with Crippen molar-refractivity contribution < 1.29 is 19.2 Å². The number of hydrogen-bond donors (Lipinski definition) is 1. The number of nitro benzene ring substituents is 1. The minimum absolute atomic E-state index is 0.0240. The predicted molar refractivity (Wildman–Crippen MR) is 95.2 cm³/mol. The molecule has 9 heteroatoms. The van der Waals surface area contributed by atoms with E-state index in [0.29, 0.717) is 0 Å². The second kappa shape index (κ2) is 8.50. The lowest BCUT2D eigenvalue weighted by Gasteiger charge is -2.08. The molecule has 130 valence electrons. The maximum atomic E-state index is 12.1. The van der Waals surface area contributed by atoms with Gasteiger partial charge in [0.2, 0.25) is 0 Å². The lowest BCUT2D eigenvalue weighted by atomic mass is 10.2. The molecule has 0 bridgehead atoms. The van der Waals surface area contributed by atoms with E-state index < -0.39 is 23.4 Å². The van der Waals surface area contributed by atoms with E-state index in [9.17, 15) is 19.7 Å². The Kier molecular flexibility index (Phi) is 6.37. The quantitative estimate of drug-likeness (QED) is 0.354. The van der Waals surface area contributed by atoms with Crippen LogP contribution in [0.5, 0.6) is 0 Å². The third-order valence-electron chi connectivity index (χ3n) is 3.10. The van der Waals surface area contributed by atoms with E-state index in [1.807, 2.05) is 6.26 Å². The number of carbonyl (C=O) groups excluding carboxylic acids is 2. The molecule has 25 heavy (non-hydrogen) atoms. The van der Waals surface area contributed by atoms with Gasteiger partial charge in [-0.2, -0.15) is 0 Å². The highest BCUT2D eigenvalue weighted by Crippen LogP contribution is 2.24. The topological polar surface area (TPSA) is 98.5 Å². The van der Waals surface area contributed by atoms with Crippen LogP contribution in [0.2, 0.25) is 5.02 Å². The van der Waals surface area contributed by atoms with Gasteiger partial charge in [0.05, 0.1) is 15.5 Å². The molecule has 2 rings (SSSR count). The molecule has 0 atom stereocenters. The van der Waals surface area contributed by atoms with Crippen molar-refractivity contribution in [3.8, 4) is 0 Å². The molecule has 7 nitrogen and oxygen atoms in total. The molecule has 0 fully saturated rings. The van der Waals surface area contributed by atoms with E-state index in [4.69, 9.17) is 16.3 Å². The first-order valence-electron chi connectivity index (χ1n) is 6.96. The summed E-state index contributed by atoms with van der Waals surface area (Å²) in [5, 5.41) is 13.5. The van der Waals surface area contributed by atoms with E-state index >= 15 is 0 Å². The zero-order chi connectivity index (χ0) is 18.4. The molecule has 2 aromatic rings. The number of hydrogen-bond acceptors (Lipinski definition) is 6.